The predicted molar refractivity (Wildman–Crippen MR) is 74.6 cm³/mol. The maximum atomic E-state index is 6.05. The molecule has 94 valence electrons. The summed E-state index contributed by atoms with van der Waals surface area (Å²) in [7, 11) is 1.60. The van der Waals surface area contributed by atoms with E-state index in [1.807, 2.05) is 24.3 Å². The Hall–Kier alpha value is -1.45. The SMILES string of the molecule is COc1ccc(CNc2ccnc(Cl)c2)cc1Cl. The second-order valence-corrected chi connectivity index (χ2v) is 4.48. The van der Waals surface area contributed by atoms with Crippen LogP contribution in [0, 0.1) is 0 Å². The minimum Gasteiger partial charge on any atom is -0.495 e. The number of hydrogen-bond acceptors (Lipinski definition) is 3. The minimum atomic E-state index is 0.466. The van der Waals surface area contributed by atoms with Gasteiger partial charge in [0.25, 0.3) is 0 Å². The van der Waals surface area contributed by atoms with Crippen molar-refractivity contribution < 1.29 is 4.74 Å². The second kappa shape index (κ2) is 5.94. The van der Waals surface area contributed by atoms with E-state index in [-0.39, 0.29) is 0 Å². The zero-order valence-electron chi connectivity index (χ0n) is 9.78. The number of pyridine rings is 1. The molecule has 1 N–H and O–H groups in total. The average Bonchev–Trinajstić information content (AvgIpc) is 2.37. The van der Waals surface area contributed by atoms with Crippen LogP contribution in [0.1, 0.15) is 5.56 Å². The number of nitrogens with one attached hydrogen (secondary N) is 1. The van der Waals surface area contributed by atoms with Crippen molar-refractivity contribution >= 4 is 28.9 Å². The van der Waals surface area contributed by atoms with Gasteiger partial charge >= 0.3 is 0 Å². The lowest BCUT2D eigenvalue weighted by atomic mass is 10.2. The zero-order valence-corrected chi connectivity index (χ0v) is 11.3. The summed E-state index contributed by atoms with van der Waals surface area (Å²) in [5.74, 6) is 0.673. The van der Waals surface area contributed by atoms with Crippen molar-refractivity contribution in [2.24, 2.45) is 0 Å². The van der Waals surface area contributed by atoms with Crippen molar-refractivity contribution in [1.82, 2.24) is 4.98 Å². The van der Waals surface area contributed by atoms with E-state index < -0.39 is 0 Å². The fourth-order valence-electron chi connectivity index (χ4n) is 1.54. The van der Waals surface area contributed by atoms with Crippen LogP contribution in [-0.4, -0.2) is 12.1 Å². The summed E-state index contributed by atoms with van der Waals surface area (Å²) in [4.78, 5) is 3.92. The summed E-state index contributed by atoms with van der Waals surface area (Å²) < 4.78 is 5.10. The average molecular weight is 283 g/mol. The molecule has 0 saturated carbocycles. The molecule has 0 aliphatic carbocycles. The molecule has 5 heteroatoms. The molecule has 18 heavy (non-hydrogen) atoms. The lowest BCUT2D eigenvalue weighted by Gasteiger charge is -2.08. The van der Waals surface area contributed by atoms with E-state index in [2.05, 4.69) is 10.3 Å². The highest BCUT2D eigenvalue weighted by molar-refractivity contribution is 6.32. The highest BCUT2D eigenvalue weighted by atomic mass is 35.5. The van der Waals surface area contributed by atoms with Gasteiger partial charge < -0.3 is 10.1 Å². The Morgan fingerprint density at radius 3 is 2.72 bits per heavy atom. The molecule has 0 aliphatic rings. The first kappa shape index (κ1) is 13.0. The van der Waals surface area contributed by atoms with Crippen LogP contribution in [0.4, 0.5) is 5.69 Å². The number of rotatable bonds is 4. The van der Waals surface area contributed by atoms with Crippen molar-refractivity contribution in [3.05, 3.63) is 52.3 Å². The fraction of sp³-hybridized carbons (Fsp3) is 0.154. The molecule has 1 heterocycles. The third-order valence-corrected chi connectivity index (χ3v) is 2.94. The quantitative estimate of drug-likeness (QED) is 0.861. The lowest BCUT2D eigenvalue weighted by Crippen LogP contribution is -1.99. The van der Waals surface area contributed by atoms with Crippen LogP contribution in [0.25, 0.3) is 0 Å². The van der Waals surface area contributed by atoms with Gasteiger partial charge in [-0.2, -0.15) is 0 Å². The van der Waals surface area contributed by atoms with Gasteiger partial charge in [0.15, 0.2) is 0 Å². The molecule has 3 nitrogen and oxygen atoms in total. The van der Waals surface area contributed by atoms with Gasteiger partial charge in [0.05, 0.1) is 12.1 Å². The molecular weight excluding hydrogens is 271 g/mol. The number of aromatic nitrogens is 1. The fourth-order valence-corrected chi connectivity index (χ4v) is 1.99. The van der Waals surface area contributed by atoms with E-state index in [4.69, 9.17) is 27.9 Å². The van der Waals surface area contributed by atoms with E-state index in [0.717, 1.165) is 11.3 Å². The first-order chi connectivity index (χ1) is 8.69. The largest absolute Gasteiger partial charge is 0.495 e. The van der Waals surface area contributed by atoms with E-state index >= 15 is 0 Å². The molecule has 0 amide bonds. The third-order valence-electron chi connectivity index (χ3n) is 2.44. The van der Waals surface area contributed by atoms with Crippen LogP contribution in [0.5, 0.6) is 5.75 Å². The van der Waals surface area contributed by atoms with E-state index in [1.165, 1.54) is 0 Å². The highest BCUT2D eigenvalue weighted by Gasteiger charge is 2.02. The number of methoxy groups -OCH3 is 1. The normalized spacial score (nSPS) is 10.2. The molecule has 0 spiro atoms. The monoisotopic (exact) mass is 282 g/mol. The lowest BCUT2D eigenvalue weighted by molar-refractivity contribution is 0.415. The predicted octanol–water partition coefficient (Wildman–Crippen LogP) is 4.01. The molecular formula is C13H12Cl2N2O. The smallest absolute Gasteiger partial charge is 0.137 e. The van der Waals surface area contributed by atoms with Gasteiger partial charge in [-0.1, -0.05) is 29.3 Å². The molecule has 2 rings (SSSR count). The molecule has 0 unspecified atom stereocenters. The van der Waals surface area contributed by atoms with Gasteiger partial charge in [0, 0.05) is 18.4 Å². The van der Waals surface area contributed by atoms with Crippen LogP contribution < -0.4 is 10.1 Å². The summed E-state index contributed by atoms with van der Waals surface area (Å²) in [5, 5.41) is 4.31. The topological polar surface area (TPSA) is 34.1 Å². The van der Waals surface area contributed by atoms with Gasteiger partial charge in [0.2, 0.25) is 0 Å². The summed E-state index contributed by atoms with van der Waals surface area (Å²) >= 11 is 11.9. The molecule has 0 fully saturated rings. The van der Waals surface area contributed by atoms with E-state index in [9.17, 15) is 0 Å². The zero-order chi connectivity index (χ0) is 13.0. The van der Waals surface area contributed by atoms with Gasteiger partial charge in [-0.25, -0.2) is 4.98 Å². The van der Waals surface area contributed by atoms with Crippen LogP contribution in [0.3, 0.4) is 0 Å². The first-order valence-electron chi connectivity index (χ1n) is 5.37. The van der Waals surface area contributed by atoms with Crippen molar-refractivity contribution in [2.75, 3.05) is 12.4 Å². The van der Waals surface area contributed by atoms with Crippen molar-refractivity contribution in [3.63, 3.8) is 0 Å². The van der Waals surface area contributed by atoms with Crippen molar-refractivity contribution in [1.29, 1.82) is 0 Å². The maximum absolute atomic E-state index is 6.05. The van der Waals surface area contributed by atoms with Crippen LogP contribution >= 0.6 is 23.2 Å². The van der Waals surface area contributed by atoms with Crippen LogP contribution in [0.2, 0.25) is 10.2 Å². The Morgan fingerprint density at radius 1 is 1.22 bits per heavy atom. The Balaban J connectivity index is 2.04. The molecule has 0 bridgehead atoms. The molecule has 1 aromatic carbocycles. The Labute approximate surface area is 116 Å². The number of anilines is 1. The van der Waals surface area contributed by atoms with Crippen molar-refractivity contribution in [3.8, 4) is 5.75 Å². The van der Waals surface area contributed by atoms with Gasteiger partial charge in [-0.3, -0.25) is 0 Å². The summed E-state index contributed by atoms with van der Waals surface area (Å²) in [5.41, 5.74) is 1.98. The molecule has 0 atom stereocenters. The maximum Gasteiger partial charge on any atom is 0.137 e. The standard InChI is InChI=1S/C13H12Cl2N2O/c1-18-12-3-2-9(6-11(12)14)8-17-10-4-5-16-13(15)7-10/h2-7H,8H2,1H3,(H,16,17). The number of benzene rings is 1. The molecule has 0 aliphatic heterocycles. The highest BCUT2D eigenvalue weighted by Crippen LogP contribution is 2.25. The van der Waals surface area contributed by atoms with Gasteiger partial charge in [-0.15, -0.1) is 0 Å². The van der Waals surface area contributed by atoms with Gasteiger partial charge in [-0.05, 0) is 29.8 Å². The van der Waals surface area contributed by atoms with Crippen LogP contribution in [0.15, 0.2) is 36.5 Å². The summed E-state index contributed by atoms with van der Waals surface area (Å²) in [6, 6.07) is 9.30. The Bertz CT molecular complexity index is 546. The molecule has 2 aromatic rings. The first-order valence-corrected chi connectivity index (χ1v) is 6.12. The summed E-state index contributed by atoms with van der Waals surface area (Å²) in [6.45, 7) is 0.657. The van der Waals surface area contributed by atoms with Crippen molar-refractivity contribution in [2.45, 2.75) is 6.54 Å². The summed E-state index contributed by atoms with van der Waals surface area (Å²) in [6.07, 6.45) is 1.66. The van der Waals surface area contributed by atoms with Crippen LogP contribution in [-0.2, 0) is 6.54 Å². The number of ether oxygens (including phenoxy) is 1. The van der Waals surface area contributed by atoms with Gasteiger partial charge in [0.1, 0.15) is 10.9 Å². The third kappa shape index (κ3) is 3.28. The molecule has 0 radical (unpaired) electrons. The minimum absolute atomic E-state index is 0.466. The van der Waals surface area contributed by atoms with E-state index in [0.29, 0.717) is 22.5 Å². The second-order valence-electron chi connectivity index (χ2n) is 3.69. The Kier molecular flexibility index (Phi) is 4.28. The molecule has 0 saturated heterocycles. The number of halogens is 2. The molecule has 1 aromatic heterocycles. The number of hydrogen-bond donors (Lipinski definition) is 1. The van der Waals surface area contributed by atoms with E-state index in [1.54, 1.807) is 19.4 Å². The Morgan fingerprint density at radius 2 is 2.06 bits per heavy atom. The number of nitrogens with zero attached hydrogens (tertiary/aromatic N) is 1.